The van der Waals surface area contributed by atoms with Crippen molar-refractivity contribution in [1.82, 2.24) is 0 Å². The number of ether oxygens (including phenoxy) is 3. The van der Waals surface area contributed by atoms with Crippen molar-refractivity contribution in [3.63, 3.8) is 0 Å². The molecule has 1 aliphatic heterocycles. The number of benzene rings is 4. The fourth-order valence-electron chi connectivity index (χ4n) is 4.78. The Bertz CT molecular complexity index is 1430. The molecule has 37 heavy (non-hydrogen) atoms. The first-order valence-corrected chi connectivity index (χ1v) is 12.2. The molecule has 1 unspecified atom stereocenters. The minimum Gasteiger partial charge on any atom is -0.497 e. The van der Waals surface area contributed by atoms with Crippen LogP contribution in [0.5, 0.6) is 17.2 Å². The summed E-state index contributed by atoms with van der Waals surface area (Å²) < 4.78 is 17.0. The van der Waals surface area contributed by atoms with Gasteiger partial charge in [0.05, 0.1) is 19.8 Å². The normalized spacial score (nSPS) is 14.5. The van der Waals surface area contributed by atoms with Crippen LogP contribution in [0.25, 0.3) is 0 Å². The van der Waals surface area contributed by atoms with Crippen LogP contribution in [0.3, 0.4) is 0 Å². The molecule has 0 spiro atoms. The first-order valence-electron chi connectivity index (χ1n) is 12.2. The molecule has 1 atom stereocenters. The number of anilines is 2. The van der Waals surface area contributed by atoms with Crippen LogP contribution in [0, 0.1) is 13.8 Å². The molecule has 0 aliphatic carbocycles. The van der Waals surface area contributed by atoms with Crippen LogP contribution in [0.1, 0.15) is 38.8 Å². The van der Waals surface area contributed by atoms with Crippen molar-refractivity contribution in [1.29, 1.82) is 0 Å². The summed E-state index contributed by atoms with van der Waals surface area (Å²) in [5.74, 6) is 2.09. The number of hydrogen-bond donors (Lipinski definition) is 1. The molecule has 5 rings (SSSR count). The lowest BCUT2D eigenvalue weighted by molar-refractivity contribution is 0.0975. The van der Waals surface area contributed by atoms with E-state index in [9.17, 15) is 4.79 Å². The molecule has 1 heterocycles. The van der Waals surface area contributed by atoms with Gasteiger partial charge in [0.2, 0.25) is 0 Å². The zero-order chi connectivity index (χ0) is 25.9. The summed E-state index contributed by atoms with van der Waals surface area (Å²) in [5, 5.41) is 3.59. The molecule has 1 N–H and O–H groups in total. The third-order valence-electron chi connectivity index (χ3n) is 6.47. The highest BCUT2D eigenvalue weighted by molar-refractivity contribution is 6.12. The molecule has 0 aromatic heterocycles. The zero-order valence-electron chi connectivity index (χ0n) is 21.4. The molecule has 1 aliphatic rings. The van der Waals surface area contributed by atoms with Gasteiger partial charge in [-0.25, -0.2) is 0 Å². The van der Waals surface area contributed by atoms with Gasteiger partial charge in [-0.2, -0.15) is 0 Å². The topological polar surface area (TPSA) is 60.0 Å². The molecule has 0 saturated carbocycles. The average molecular weight is 495 g/mol. The number of fused-ring (bicyclic) bond motifs is 1. The van der Waals surface area contributed by atoms with Crippen LogP contribution in [0.4, 0.5) is 11.4 Å². The number of amides is 1. The van der Waals surface area contributed by atoms with Gasteiger partial charge in [0.1, 0.15) is 30.0 Å². The smallest absolute Gasteiger partial charge is 0.262 e. The van der Waals surface area contributed by atoms with Gasteiger partial charge in [-0.15, -0.1) is 0 Å². The standard InChI is InChI=1S/C31H30N2O4/c1-20-14-21(2)16-24(15-20)33-30(32-28-11-6-5-10-27(28)31(33)34)22-12-13-29(36-4)23(17-22)19-37-26-9-7-8-25(18-26)35-3/h5-18,30,32H,19H2,1-4H3. The van der Waals surface area contributed by atoms with Gasteiger partial charge in [0, 0.05) is 23.0 Å². The summed E-state index contributed by atoms with van der Waals surface area (Å²) in [5.41, 5.74) is 6.30. The highest BCUT2D eigenvalue weighted by atomic mass is 16.5. The van der Waals surface area contributed by atoms with Crippen molar-refractivity contribution in [3.8, 4) is 17.2 Å². The monoisotopic (exact) mass is 494 g/mol. The van der Waals surface area contributed by atoms with E-state index in [-0.39, 0.29) is 5.91 Å². The molecular formula is C31H30N2O4. The molecule has 6 heteroatoms. The summed E-state index contributed by atoms with van der Waals surface area (Å²) in [6.45, 7) is 4.39. The van der Waals surface area contributed by atoms with Gasteiger partial charge in [0.15, 0.2) is 0 Å². The highest BCUT2D eigenvalue weighted by Crippen LogP contribution is 2.38. The van der Waals surface area contributed by atoms with Crippen molar-refractivity contribution in [2.75, 3.05) is 24.4 Å². The van der Waals surface area contributed by atoms with Gasteiger partial charge >= 0.3 is 0 Å². The van der Waals surface area contributed by atoms with E-state index in [2.05, 4.69) is 11.4 Å². The summed E-state index contributed by atoms with van der Waals surface area (Å²) in [6, 6.07) is 27.3. The van der Waals surface area contributed by atoms with E-state index < -0.39 is 6.17 Å². The van der Waals surface area contributed by atoms with E-state index in [1.807, 2.05) is 97.6 Å². The Balaban J connectivity index is 1.54. The number of rotatable bonds is 7. The van der Waals surface area contributed by atoms with Gasteiger partial charge < -0.3 is 19.5 Å². The molecular weight excluding hydrogens is 464 g/mol. The first kappa shape index (κ1) is 24.3. The van der Waals surface area contributed by atoms with Crippen molar-refractivity contribution in [2.45, 2.75) is 26.6 Å². The molecule has 4 aromatic rings. The van der Waals surface area contributed by atoms with Gasteiger partial charge in [0.25, 0.3) is 5.91 Å². The maximum atomic E-state index is 13.8. The van der Waals surface area contributed by atoms with E-state index in [4.69, 9.17) is 14.2 Å². The van der Waals surface area contributed by atoms with Gasteiger partial charge in [-0.1, -0.05) is 30.3 Å². The van der Waals surface area contributed by atoms with Crippen molar-refractivity contribution in [2.24, 2.45) is 0 Å². The van der Waals surface area contributed by atoms with Crippen LogP contribution in [-0.4, -0.2) is 20.1 Å². The van der Waals surface area contributed by atoms with Crippen molar-refractivity contribution in [3.05, 3.63) is 113 Å². The molecule has 0 radical (unpaired) electrons. The van der Waals surface area contributed by atoms with Crippen LogP contribution in [0.2, 0.25) is 0 Å². The summed E-state index contributed by atoms with van der Waals surface area (Å²) >= 11 is 0. The summed E-state index contributed by atoms with van der Waals surface area (Å²) in [6.07, 6.45) is -0.412. The summed E-state index contributed by atoms with van der Waals surface area (Å²) in [7, 11) is 3.27. The number of methoxy groups -OCH3 is 2. The Hall–Kier alpha value is -4.45. The number of para-hydroxylation sites is 1. The third kappa shape index (κ3) is 4.96. The number of carbonyl (C=O) groups excluding carboxylic acids is 1. The Labute approximate surface area is 217 Å². The number of nitrogens with zero attached hydrogens (tertiary/aromatic N) is 1. The molecule has 1 amide bonds. The third-order valence-corrected chi connectivity index (χ3v) is 6.47. The Morgan fingerprint density at radius 1 is 0.811 bits per heavy atom. The first-order chi connectivity index (χ1) is 18.0. The molecule has 6 nitrogen and oxygen atoms in total. The lowest BCUT2D eigenvalue weighted by Gasteiger charge is -2.38. The summed E-state index contributed by atoms with van der Waals surface area (Å²) in [4.78, 5) is 15.7. The van der Waals surface area contributed by atoms with E-state index in [0.29, 0.717) is 23.7 Å². The van der Waals surface area contributed by atoms with Gasteiger partial charge in [-0.05, 0) is 79.1 Å². The number of carbonyl (C=O) groups is 1. The number of aryl methyl sites for hydroxylation is 2. The molecule has 0 bridgehead atoms. The van der Waals surface area contributed by atoms with Crippen LogP contribution in [-0.2, 0) is 6.61 Å². The fraction of sp³-hybridized carbons (Fsp3) is 0.194. The Kier molecular flexibility index (Phi) is 6.73. The van der Waals surface area contributed by atoms with Crippen molar-refractivity contribution >= 4 is 17.3 Å². The highest BCUT2D eigenvalue weighted by Gasteiger charge is 2.34. The van der Waals surface area contributed by atoms with E-state index >= 15 is 0 Å². The average Bonchev–Trinajstić information content (AvgIpc) is 2.91. The lowest BCUT2D eigenvalue weighted by Crippen LogP contribution is -2.43. The zero-order valence-corrected chi connectivity index (χ0v) is 21.4. The number of hydrogen-bond acceptors (Lipinski definition) is 5. The molecule has 0 fully saturated rings. The largest absolute Gasteiger partial charge is 0.497 e. The van der Waals surface area contributed by atoms with Crippen LogP contribution >= 0.6 is 0 Å². The maximum Gasteiger partial charge on any atom is 0.262 e. The quantitative estimate of drug-likeness (QED) is 0.311. The molecule has 4 aromatic carbocycles. The van der Waals surface area contributed by atoms with E-state index in [1.165, 1.54) is 0 Å². The van der Waals surface area contributed by atoms with Crippen LogP contribution < -0.4 is 24.4 Å². The predicted octanol–water partition coefficient (Wildman–Crippen LogP) is 6.67. The van der Waals surface area contributed by atoms with Gasteiger partial charge in [-0.3, -0.25) is 9.69 Å². The second-order valence-electron chi connectivity index (χ2n) is 9.15. The van der Waals surface area contributed by atoms with Crippen molar-refractivity contribution < 1.29 is 19.0 Å². The van der Waals surface area contributed by atoms with E-state index in [0.717, 1.165) is 39.4 Å². The SMILES string of the molecule is COc1cccc(OCc2cc(C3Nc4ccccc4C(=O)N3c3cc(C)cc(C)c3)ccc2OC)c1. The van der Waals surface area contributed by atoms with Crippen LogP contribution in [0.15, 0.2) is 84.9 Å². The molecule has 188 valence electrons. The Morgan fingerprint density at radius 2 is 1.57 bits per heavy atom. The fourth-order valence-corrected chi connectivity index (χ4v) is 4.78. The second kappa shape index (κ2) is 10.3. The number of nitrogens with one attached hydrogen (secondary N) is 1. The minimum absolute atomic E-state index is 0.0469. The van der Waals surface area contributed by atoms with E-state index in [1.54, 1.807) is 14.2 Å². The maximum absolute atomic E-state index is 13.8. The Morgan fingerprint density at radius 3 is 2.32 bits per heavy atom. The predicted molar refractivity (Wildman–Crippen MR) is 146 cm³/mol. The second-order valence-corrected chi connectivity index (χ2v) is 9.15. The lowest BCUT2D eigenvalue weighted by atomic mass is 10.00. The molecule has 0 saturated heterocycles. The minimum atomic E-state index is -0.412.